The minimum atomic E-state index is 0.916. The molecular weight excluding hydrogens is 488 g/mol. The van der Waals surface area contributed by atoms with Crippen molar-refractivity contribution in [3.8, 4) is 22.3 Å². The van der Waals surface area contributed by atoms with Gasteiger partial charge in [0.25, 0.3) is 0 Å². The van der Waals surface area contributed by atoms with Gasteiger partial charge in [-0.3, -0.25) is 0 Å². The summed E-state index contributed by atoms with van der Waals surface area (Å²) in [5.74, 6) is 0. The Labute approximate surface area is 229 Å². The molecule has 0 radical (unpaired) electrons. The van der Waals surface area contributed by atoms with E-state index in [1.54, 1.807) is 0 Å². The summed E-state index contributed by atoms with van der Waals surface area (Å²) in [5.41, 5.74) is 8.44. The molecule has 0 aliphatic rings. The van der Waals surface area contributed by atoms with Crippen LogP contribution in [0.3, 0.4) is 0 Å². The SMILES string of the molecule is c1ccc2cc3c(cc2c1)oc1ccc(-c2ccc(-c4ccc5oc6c7ccccc7ccc6c5c4)cc2)cc13. The Morgan fingerprint density at radius 1 is 0.300 bits per heavy atom. The maximum absolute atomic E-state index is 6.31. The Kier molecular flexibility index (Phi) is 4.36. The molecule has 0 atom stereocenters. The number of rotatable bonds is 2. The second-order valence-electron chi connectivity index (χ2n) is 10.6. The average Bonchev–Trinajstić information content (AvgIpc) is 3.57. The van der Waals surface area contributed by atoms with Crippen LogP contribution in [0.2, 0.25) is 0 Å². The van der Waals surface area contributed by atoms with E-state index in [1.165, 1.54) is 38.4 Å². The van der Waals surface area contributed by atoms with Crippen LogP contribution in [-0.2, 0) is 0 Å². The predicted octanol–water partition coefficient (Wildman–Crippen LogP) is 11.1. The fourth-order valence-electron chi connectivity index (χ4n) is 6.18. The Morgan fingerprint density at radius 3 is 1.57 bits per heavy atom. The number of benzene rings is 7. The molecule has 0 saturated carbocycles. The van der Waals surface area contributed by atoms with E-state index in [4.69, 9.17) is 8.83 Å². The van der Waals surface area contributed by atoms with Gasteiger partial charge in [0.1, 0.15) is 22.3 Å². The molecule has 2 heteroatoms. The largest absolute Gasteiger partial charge is 0.456 e. The van der Waals surface area contributed by atoms with Crippen molar-refractivity contribution >= 4 is 65.4 Å². The third kappa shape index (κ3) is 3.17. The standard InChI is InChI=1S/C38H22O2/c1-2-7-27-22-37-34(19-26(27)6-1)33-21-29(14-17-35(33)39-37)24-11-9-23(10-12-24)28-15-18-36-32(20-28)31-16-13-25-5-3-4-8-30(25)38(31)40-36/h1-22H. The van der Waals surface area contributed by atoms with Gasteiger partial charge in [-0.1, -0.05) is 91.0 Å². The Bertz CT molecular complexity index is 2380. The van der Waals surface area contributed by atoms with Crippen LogP contribution < -0.4 is 0 Å². The second-order valence-corrected chi connectivity index (χ2v) is 10.6. The van der Waals surface area contributed by atoms with E-state index >= 15 is 0 Å². The summed E-state index contributed by atoms with van der Waals surface area (Å²) in [5, 5.41) is 9.36. The molecular formula is C38H22O2. The van der Waals surface area contributed by atoms with Crippen LogP contribution in [0.4, 0.5) is 0 Å². The lowest BCUT2D eigenvalue weighted by Crippen LogP contribution is -1.81. The van der Waals surface area contributed by atoms with Crippen LogP contribution in [0.5, 0.6) is 0 Å². The van der Waals surface area contributed by atoms with Gasteiger partial charge in [0.05, 0.1) is 0 Å². The molecule has 2 nitrogen and oxygen atoms in total. The van der Waals surface area contributed by atoms with Crippen LogP contribution in [0.1, 0.15) is 0 Å². The molecule has 7 aromatic carbocycles. The summed E-state index contributed by atoms with van der Waals surface area (Å²) in [4.78, 5) is 0. The molecule has 0 aliphatic heterocycles. The zero-order chi connectivity index (χ0) is 26.2. The van der Waals surface area contributed by atoms with Gasteiger partial charge < -0.3 is 8.83 Å². The fourth-order valence-corrected chi connectivity index (χ4v) is 6.18. The van der Waals surface area contributed by atoms with Crippen LogP contribution >= 0.6 is 0 Å². The molecule has 0 unspecified atom stereocenters. The van der Waals surface area contributed by atoms with Crippen molar-refractivity contribution in [3.63, 3.8) is 0 Å². The number of furan rings is 2. The molecule has 0 N–H and O–H groups in total. The lowest BCUT2D eigenvalue weighted by molar-refractivity contribution is 0.669. The highest BCUT2D eigenvalue weighted by atomic mass is 16.3. The smallest absolute Gasteiger partial charge is 0.143 e. The van der Waals surface area contributed by atoms with Crippen LogP contribution in [0.15, 0.2) is 142 Å². The first-order chi connectivity index (χ1) is 19.8. The van der Waals surface area contributed by atoms with Crippen LogP contribution in [0, 0.1) is 0 Å². The van der Waals surface area contributed by atoms with Crippen LogP contribution in [0.25, 0.3) is 87.7 Å². The van der Waals surface area contributed by atoms with Crippen molar-refractivity contribution in [3.05, 3.63) is 133 Å². The van der Waals surface area contributed by atoms with E-state index < -0.39 is 0 Å². The average molecular weight is 511 g/mol. The van der Waals surface area contributed by atoms with Crippen molar-refractivity contribution in [2.45, 2.75) is 0 Å². The summed E-state index contributed by atoms with van der Waals surface area (Å²) < 4.78 is 12.5. The summed E-state index contributed by atoms with van der Waals surface area (Å²) in [6, 6.07) is 47.4. The molecule has 0 fully saturated rings. The lowest BCUT2D eigenvalue weighted by atomic mass is 9.97. The molecule has 186 valence electrons. The van der Waals surface area contributed by atoms with Gasteiger partial charge >= 0.3 is 0 Å². The molecule has 0 amide bonds. The van der Waals surface area contributed by atoms with Crippen molar-refractivity contribution in [2.75, 3.05) is 0 Å². The Hall–Kier alpha value is -5.34. The maximum atomic E-state index is 6.31. The van der Waals surface area contributed by atoms with Gasteiger partial charge in [0.15, 0.2) is 0 Å². The van der Waals surface area contributed by atoms with E-state index in [0.29, 0.717) is 0 Å². The second kappa shape index (κ2) is 8.08. The summed E-state index contributed by atoms with van der Waals surface area (Å²) in [7, 11) is 0. The van der Waals surface area contributed by atoms with Gasteiger partial charge in [-0.05, 0) is 80.9 Å². The van der Waals surface area contributed by atoms with E-state index in [1.807, 2.05) is 0 Å². The quantitative estimate of drug-likeness (QED) is 0.231. The third-order valence-corrected chi connectivity index (χ3v) is 8.25. The summed E-state index contributed by atoms with van der Waals surface area (Å²) >= 11 is 0. The van der Waals surface area contributed by atoms with Gasteiger partial charge in [0.2, 0.25) is 0 Å². The molecule has 2 heterocycles. The topological polar surface area (TPSA) is 26.3 Å². The van der Waals surface area contributed by atoms with Gasteiger partial charge in [-0.2, -0.15) is 0 Å². The molecule has 9 rings (SSSR count). The first kappa shape index (κ1) is 21.6. The zero-order valence-corrected chi connectivity index (χ0v) is 21.5. The summed E-state index contributed by atoms with van der Waals surface area (Å²) in [6.07, 6.45) is 0. The van der Waals surface area contributed by atoms with E-state index in [-0.39, 0.29) is 0 Å². The molecule has 2 aromatic heterocycles. The lowest BCUT2D eigenvalue weighted by Gasteiger charge is -2.06. The molecule has 0 aliphatic carbocycles. The zero-order valence-electron chi connectivity index (χ0n) is 21.5. The highest BCUT2D eigenvalue weighted by Gasteiger charge is 2.13. The maximum Gasteiger partial charge on any atom is 0.143 e. The Balaban J connectivity index is 1.12. The van der Waals surface area contributed by atoms with Crippen molar-refractivity contribution in [2.24, 2.45) is 0 Å². The van der Waals surface area contributed by atoms with Crippen LogP contribution in [-0.4, -0.2) is 0 Å². The first-order valence-electron chi connectivity index (χ1n) is 13.6. The number of hydrogen-bond acceptors (Lipinski definition) is 2. The van der Waals surface area contributed by atoms with Gasteiger partial charge in [-0.15, -0.1) is 0 Å². The minimum Gasteiger partial charge on any atom is -0.456 e. The third-order valence-electron chi connectivity index (χ3n) is 8.25. The molecule has 0 saturated heterocycles. The van der Waals surface area contributed by atoms with E-state index in [2.05, 4.69) is 133 Å². The van der Waals surface area contributed by atoms with Gasteiger partial charge in [0, 0.05) is 26.9 Å². The van der Waals surface area contributed by atoms with Crippen molar-refractivity contribution in [1.82, 2.24) is 0 Å². The Morgan fingerprint density at radius 2 is 0.850 bits per heavy atom. The van der Waals surface area contributed by atoms with E-state index in [0.717, 1.165) is 49.3 Å². The van der Waals surface area contributed by atoms with Crippen molar-refractivity contribution < 1.29 is 8.83 Å². The van der Waals surface area contributed by atoms with E-state index in [9.17, 15) is 0 Å². The monoisotopic (exact) mass is 510 g/mol. The van der Waals surface area contributed by atoms with Gasteiger partial charge in [-0.25, -0.2) is 0 Å². The predicted molar refractivity (Wildman–Crippen MR) is 167 cm³/mol. The summed E-state index contributed by atoms with van der Waals surface area (Å²) in [6.45, 7) is 0. The number of fused-ring (bicyclic) bond motifs is 9. The van der Waals surface area contributed by atoms with Crippen molar-refractivity contribution in [1.29, 1.82) is 0 Å². The number of hydrogen-bond donors (Lipinski definition) is 0. The molecule has 9 aromatic rings. The molecule has 40 heavy (non-hydrogen) atoms. The molecule has 0 bridgehead atoms. The highest BCUT2D eigenvalue weighted by Crippen LogP contribution is 2.38. The first-order valence-corrected chi connectivity index (χ1v) is 13.6. The minimum absolute atomic E-state index is 0.916. The normalized spacial score (nSPS) is 12.0. The highest BCUT2D eigenvalue weighted by molar-refractivity contribution is 6.15. The molecule has 0 spiro atoms. The fraction of sp³-hybridized carbons (Fsp3) is 0.